The molecule has 0 radical (unpaired) electrons. The van der Waals surface area contributed by atoms with E-state index in [9.17, 15) is 4.79 Å². The van der Waals surface area contributed by atoms with Crippen LogP contribution in [-0.4, -0.2) is 11.7 Å². The average molecular weight is 251 g/mol. The molecule has 0 amide bonds. The highest BCUT2D eigenvalue weighted by molar-refractivity contribution is 5.94. The van der Waals surface area contributed by atoms with Crippen LogP contribution >= 0.6 is 0 Å². The minimum atomic E-state index is -0.413. The molecule has 0 fully saturated rings. The van der Waals surface area contributed by atoms with Crippen molar-refractivity contribution in [2.24, 2.45) is 5.16 Å². The summed E-state index contributed by atoms with van der Waals surface area (Å²) in [5.41, 5.74) is 3.93. The highest BCUT2D eigenvalue weighted by Crippen LogP contribution is 2.19. The van der Waals surface area contributed by atoms with E-state index in [2.05, 4.69) is 17.3 Å². The van der Waals surface area contributed by atoms with Gasteiger partial charge in [-0.15, -0.1) is 0 Å². The Morgan fingerprint density at radius 3 is 2.11 bits per heavy atom. The number of fused-ring (bicyclic) bond motifs is 1. The topological polar surface area (TPSA) is 38.7 Å². The molecular formula is C16H13NO2. The molecule has 2 aromatic carbocycles. The Bertz CT molecular complexity index is 605. The second-order valence-electron chi connectivity index (χ2n) is 4.52. The van der Waals surface area contributed by atoms with Crippen molar-refractivity contribution < 1.29 is 9.63 Å². The fourth-order valence-electron chi connectivity index (χ4n) is 2.20. The van der Waals surface area contributed by atoms with Crippen LogP contribution in [0.5, 0.6) is 0 Å². The minimum absolute atomic E-state index is 0.413. The molecule has 2 aromatic rings. The van der Waals surface area contributed by atoms with Gasteiger partial charge in [0.15, 0.2) is 0 Å². The van der Waals surface area contributed by atoms with Crippen LogP contribution in [0.4, 0.5) is 0 Å². The fourth-order valence-corrected chi connectivity index (χ4v) is 2.20. The molecule has 0 bridgehead atoms. The molecule has 0 aromatic heterocycles. The summed E-state index contributed by atoms with van der Waals surface area (Å²) in [7, 11) is 0. The summed E-state index contributed by atoms with van der Waals surface area (Å²) in [6.07, 6.45) is 1.52. The van der Waals surface area contributed by atoms with Gasteiger partial charge in [0.05, 0.1) is 11.3 Å². The van der Waals surface area contributed by atoms with Gasteiger partial charge in [-0.25, -0.2) is 4.79 Å². The molecule has 0 atom stereocenters. The van der Waals surface area contributed by atoms with E-state index in [0.717, 1.165) is 18.6 Å². The van der Waals surface area contributed by atoms with Gasteiger partial charge in [0.1, 0.15) is 0 Å². The number of oxime groups is 1. The van der Waals surface area contributed by atoms with Crippen molar-refractivity contribution in [3.05, 3.63) is 71.3 Å². The largest absolute Gasteiger partial charge is 0.365 e. The molecule has 0 unspecified atom stereocenters. The number of rotatable bonds is 2. The Morgan fingerprint density at radius 1 is 0.895 bits per heavy atom. The molecule has 0 N–H and O–H groups in total. The van der Waals surface area contributed by atoms with E-state index in [1.807, 2.05) is 18.2 Å². The van der Waals surface area contributed by atoms with Gasteiger partial charge in [0, 0.05) is 12.8 Å². The Kier molecular flexibility index (Phi) is 3.11. The van der Waals surface area contributed by atoms with Gasteiger partial charge in [-0.3, -0.25) is 0 Å². The zero-order valence-electron chi connectivity index (χ0n) is 10.4. The van der Waals surface area contributed by atoms with Gasteiger partial charge < -0.3 is 4.84 Å². The second-order valence-corrected chi connectivity index (χ2v) is 4.52. The van der Waals surface area contributed by atoms with Crippen molar-refractivity contribution in [2.45, 2.75) is 12.8 Å². The minimum Gasteiger partial charge on any atom is -0.313 e. The first kappa shape index (κ1) is 11.7. The lowest BCUT2D eigenvalue weighted by Gasteiger charge is -1.98. The summed E-state index contributed by atoms with van der Waals surface area (Å²) < 4.78 is 0. The van der Waals surface area contributed by atoms with Gasteiger partial charge in [-0.05, 0) is 23.3 Å². The van der Waals surface area contributed by atoms with Crippen molar-refractivity contribution in [3.8, 4) is 0 Å². The maximum Gasteiger partial charge on any atom is 0.365 e. The van der Waals surface area contributed by atoms with Crippen molar-refractivity contribution in [1.29, 1.82) is 0 Å². The molecule has 94 valence electrons. The summed E-state index contributed by atoms with van der Waals surface area (Å²) in [4.78, 5) is 16.7. The SMILES string of the molecule is O=C(ON=C1Cc2ccccc2C1)c1ccccc1. The molecule has 3 heteroatoms. The maximum absolute atomic E-state index is 11.7. The molecule has 0 spiro atoms. The van der Waals surface area contributed by atoms with E-state index >= 15 is 0 Å². The average Bonchev–Trinajstić information content (AvgIpc) is 2.88. The summed E-state index contributed by atoms with van der Waals surface area (Å²) >= 11 is 0. The third-order valence-electron chi connectivity index (χ3n) is 3.17. The molecule has 3 nitrogen and oxygen atoms in total. The predicted molar refractivity (Wildman–Crippen MR) is 73.1 cm³/mol. The molecule has 0 saturated heterocycles. The zero-order chi connectivity index (χ0) is 13.1. The van der Waals surface area contributed by atoms with E-state index in [1.54, 1.807) is 24.3 Å². The summed E-state index contributed by atoms with van der Waals surface area (Å²) in [5, 5.41) is 3.98. The van der Waals surface area contributed by atoms with Crippen LogP contribution in [0, 0.1) is 0 Å². The van der Waals surface area contributed by atoms with Crippen LogP contribution in [0.3, 0.4) is 0 Å². The van der Waals surface area contributed by atoms with E-state index in [-0.39, 0.29) is 0 Å². The first-order valence-corrected chi connectivity index (χ1v) is 6.22. The lowest BCUT2D eigenvalue weighted by molar-refractivity contribution is 0.0515. The molecule has 3 rings (SSSR count). The zero-order valence-corrected chi connectivity index (χ0v) is 10.4. The monoisotopic (exact) mass is 251 g/mol. The Labute approximate surface area is 111 Å². The summed E-state index contributed by atoms with van der Waals surface area (Å²) in [6, 6.07) is 17.1. The third-order valence-corrected chi connectivity index (χ3v) is 3.17. The normalized spacial score (nSPS) is 12.9. The molecule has 19 heavy (non-hydrogen) atoms. The van der Waals surface area contributed by atoms with Crippen LogP contribution in [0.15, 0.2) is 59.8 Å². The second kappa shape index (κ2) is 5.06. The van der Waals surface area contributed by atoms with Gasteiger partial charge in [-0.1, -0.05) is 47.6 Å². The number of nitrogens with zero attached hydrogens (tertiary/aromatic N) is 1. The number of carbonyl (C=O) groups excluding carboxylic acids is 1. The van der Waals surface area contributed by atoms with E-state index in [4.69, 9.17) is 4.84 Å². The number of hydrogen-bond acceptors (Lipinski definition) is 3. The van der Waals surface area contributed by atoms with Crippen LogP contribution < -0.4 is 0 Å². The summed E-state index contributed by atoms with van der Waals surface area (Å²) in [6.45, 7) is 0. The number of carbonyl (C=O) groups is 1. The standard InChI is InChI=1S/C16H13NO2/c18-16(12-6-2-1-3-7-12)19-17-15-10-13-8-4-5-9-14(13)11-15/h1-9H,10-11H2. The Balaban J connectivity index is 1.68. The fraction of sp³-hybridized carbons (Fsp3) is 0.125. The van der Waals surface area contributed by atoms with E-state index in [0.29, 0.717) is 5.56 Å². The van der Waals surface area contributed by atoms with Crippen LogP contribution in [0.1, 0.15) is 21.5 Å². The van der Waals surface area contributed by atoms with Gasteiger partial charge >= 0.3 is 5.97 Å². The molecular weight excluding hydrogens is 238 g/mol. The smallest absolute Gasteiger partial charge is 0.313 e. The predicted octanol–water partition coefficient (Wildman–Crippen LogP) is 3.00. The first-order valence-electron chi connectivity index (χ1n) is 6.22. The van der Waals surface area contributed by atoms with Crippen LogP contribution in [0.2, 0.25) is 0 Å². The van der Waals surface area contributed by atoms with Crippen LogP contribution in [0.25, 0.3) is 0 Å². The van der Waals surface area contributed by atoms with Crippen molar-refractivity contribution in [3.63, 3.8) is 0 Å². The maximum atomic E-state index is 11.7. The Morgan fingerprint density at radius 2 is 1.47 bits per heavy atom. The molecule has 1 aliphatic rings. The van der Waals surface area contributed by atoms with Crippen molar-refractivity contribution in [2.75, 3.05) is 0 Å². The van der Waals surface area contributed by atoms with Gasteiger partial charge in [-0.2, -0.15) is 0 Å². The van der Waals surface area contributed by atoms with Gasteiger partial charge in [0.2, 0.25) is 0 Å². The number of benzene rings is 2. The van der Waals surface area contributed by atoms with Crippen LogP contribution in [-0.2, 0) is 17.7 Å². The van der Waals surface area contributed by atoms with E-state index in [1.165, 1.54) is 11.1 Å². The van der Waals surface area contributed by atoms with E-state index < -0.39 is 5.97 Å². The molecule has 0 saturated carbocycles. The highest BCUT2D eigenvalue weighted by atomic mass is 16.7. The number of hydrogen-bond donors (Lipinski definition) is 0. The lowest BCUT2D eigenvalue weighted by atomic mass is 10.1. The summed E-state index contributed by atoms with van der Waals surface area (Å²) in [5.74, 6) is -0.413. The highest BCUT2D eigenvalue weighted by Gasteiger charge is 2.17. The lowest BCUT2D eigenvalue weighted by Crippen LogP contribution is -2.04. The molecule has 0 aliphatic heterocycles. The van der Waals surface area contributed by atoms with Gasteiger partial charge in [0.25, 0.3) is 0 Å². The van der Waals surface area contributed by atoms with Crippen molar-refractivity contribution in [1.82, 2.24) is 0 Å². The van der Waals surface area contributed by atoms with Crippen molar-refractivity contribution >= 4 is 11.7 Å². The Hall–Kier alpha value is -2.42. The molecule has 0 heterocycles. The third kappa shape index (κ3) is 2.55. The molecule has 1 aliphatic carbocycles. The quantitative estimate of drug-likeness (QED) is 0.608. The first-order chi connectivity index (χ1) is 9.33.